The predicted molar refractivity (Wildman–Crippen MR) is 125 cm³/mol. The van der Waals surface area contributed by atoms with Crippen LogP contribution in [0, 0.1) is 50.5 Å². The molecule has 1 aromatic carbocycles. The summed E-state index contributed by atoms with van der Waals surface area (Å²) >= 11 is 0. The van der Waals surface area contributed by atoms with E-state index in [-0.39, 0.29) is 37.0 Å². The minimum absolute atomic E-state index is 0. The van der Waals surface area contributed by atoms with E-state index < -0.39 is 11.7 Å². The normalized spacial score (nSPS) is 17.1. The molecule has 5 nitrogen and oxygen atoms in total. The Balaban J connectivity index is 0.00000274. The molecule has 2 aliphatic rings. The van der Waals surface area contributed by atoms with Crippen molar-refractivity contribution < 1.29 is 44.3 Å². The quantitative estimate of drug-likeness (QED) is 0.287. The minimum atomic E-state index is -4.46. The van der Waals surface area contributed by atoms with Crippen LogP contribution in [-0.2, 0) is 6.18 Å². The van der Waals surface area contributed by atoms with Crippen LogP contribution in [0.1, 0.15) is 28.8 Å². The third kappa shape index (κ3) is 4.55. The molecule has 1 atom stereocenters. The second-order valence-electron chi connectivity index (χ2n) is 8.09. The first-order valence-electron chi connectivity index (χ1n) is 10.4. The van der Waals surface area contributed by atoms with Gasteiger partial charge < -0.3 is 15.6 Å². The average Bonchev–Trinajstić information content (AvgIpc) is 3.38. The molecule has 1 unspecified atom stereocenters. The van der Waals surface area contributed by atoms with Crippen molar-refractivity contribution in [1.29, 1.82) is 0 Å². The van der Waals surface area contributed by atoms with Gasteiger partial charge in [-0.2, -0.15) is 13.2 Å². The molecular weight excluding hydrogens is 665 g/mol. The van der Waals surface area contributed by atoms with Crippen molar-refractivity contribution in [3.05, 3.63) is 90.5 Å². The fraction of sp³-hybridized carbons (Fsp3) is 0.160. The number of alkyl halides is 3. The van der Waals surface area contributed by atoms with E-state index >= 15 is 0 Å². The van der Waals surface area contributed by atoms with Crippen LogP contribution in [0.5, 0.6) is 0 Å². The molecule has 9 heteroatoms. The first-order valence-corrected chi connectivity index (χ1v) is 10.4. The summed E-state index contributed by atoms with van der Waals surface area (Å²) in [7, 11) is 0. The van der Waals surface area contributed by atoms with Gasteiger partial charge in [-0.25, -0.2) is 22.6 Å². The van der Waals surface area contributed by atoms with Gasteiger partial charge in [0.05, 0.1) is 5.56 Å². The molecular formula is C25H21F3N5U-. The fourth-order valence-corrected chi connectivity index (χ4v) is 4.34. The zero-order valence-electron chi connectivity index (χ0n) is 18.3. The number of nitrogens with one attached hydrogen (secondary N) is 3. The summed E-state index contributed by atoms with van der Waals surface area (Å²) in [5, 5.41) is 7.08. The Hall–Kier alpha value is -2.89. The van der Waals surface area contributed by atoms with Crippen LogP contribution in [0.25, 0.3) is 22.2 Å². The number of hydrogen-bond acceptors (Lipinski definition) is 4. The number of aromatic nitrogens is 2. The maximum absolute atomic E-state index is 13.6. The SMILES string of the molecule is C=C[CH-]Nc1cc(C2=CN=C3NC=C(c4ccnc5[nH]c(C)cc45)C3C2)cc(C(F)(F)F)c1.[U]. The van der Waals surface area contributed by atoms with E-state index in [1.165, 1.54) is 18.7 Å². The molecule has 34 heavy (non-hydrogen) atoms. The van der Waals surface area contributed by atoms with E-state index in [9.17, 15) is 13.2 Å². The third-order valence-electron chi connectivity index (χ3n) is 5.84. The van der Waals surface area contributed by atoms with Gasteiger partial charge in [0.1, 0.15) is 11.5 Å². The van der Waals surface area contributed by atoms with E-state index in [1.54, 1.807) is 18.5 Å². The maximum Gasteiger partial charge on any atom is 0.416 e. The zero-order chi connectivity index (χ0) is 23.2. The number of H-pyrrole nitrogens is 1. The summed E-state index contributed by atoms with van der Waals surface area (Å²) < 4.78 is 40.7. The number of anilines is 1. The second-order valence-corrected chi connectivity index (χ2v) is 8.09. The topological polar surface area (TPSA) is 65.1 Å². The van der Waals surface area contributed by atoms with Crippen LogP contribution in [0.4, 0.5) is 18.9 Å². The Morgan fingerprint density at radius 2 is 2.06 bits per heavy atom. The Bertz CT molecular complexity index is 1350. The number of amidine groups is 1. The van der Waals surface area contributed by atoms with E-state index in [0.717, 1.165) is 45.3 Å². The molecule has 2 aliphatic heterocycles. The third-order valence-corrected chi connectivity index (χ3v) is 5.84. The summed E-state index contributed by atoms with van der Waals surface area (Å²) in [5.74, 6) is 0.702. The van der Waals surface area contributed by atoms with Crippen LogP contribution in [0.15, 0.2) is 66.6 Å². The molecule has 0 fully saturated rings. The number of halogens is 3. The molecule has 0 radical (unpaired) electrons. The fourth-order valence-electron chi connectivity index (χ4n) is 4.34. The van der Waals surface area contributed by atoms with Crippen molar-refractivity contribution in [3.8, 4) is 0 Å². The molecule has 4 heterocycles. The Kier molecular flexibility index (Phi) is 6.70. The predicted octanol–water partition coefficient (Wildman–Crippen LogP) is 6.05. The van der Waals surface area contributed by atoms with Gasteiger partial charge in [-0.3, -0.25) is 0 Å². The van der Waals surface area contributed by atoms with Crippen molar-refractivity contribution in [2.24, 2.45) is 10.9 Å². The summed E-state index contributed by atoms with van der Waals surface area (Å²) in [5.41, 5.74) is 4.73. The molecule has 0 saturated carbocycles. The van der Waals surface area contributed by atoms with Gasteiger partial charge in [-0.05, 0) is 65.9 Å². The number of rotatable bonds is 5. The van der Waals surface area contributed by atoms with Gasteiger partial charge in [0.15, 0.2) is 0 Å². The first-order chi connectivity index (χ1) is 15.8. The molecule has 172 valence electrons. The number of fused-ring (bicyclic) bond motifs is 2. The maximum atomic E-state index is 13.6. The molecule has 0 bridgehead atoms. The summed E-state index contributed by atoms with van der Waals surface area (Å²) in [6, 6.07) is 7.98. The van der Waals surface area contributed by atoms with Gasteiger partial charge in [0, 0.05) is 72.4 Å². The Labute approximate surface area is 218 Å². The van der Waals surface area contributed by atoms with Gasteiger partial charge in [0.2, 0.25) is 0 Å². The molecule has 2 aromatic heterocycles. The van der Waals surface area contributed by atoms with E-state index in [1.807, 2.05) is 25.3 Å². The molecule has 0 amide bonds. The Morgan fingerprint density at radius 3 is 2.82 bits per heavy atom. The van der Waals surface area contributed by atoms with Crippen LogP contribution in [0.3, 0.4) is 0 Å². The molecule has 0 spiro atoms. The number of aliphatic imine (C=N–C) groups is 1. The smallest absolute Gasteiger partial charge is 0.416 e. The largest absolute Gasteiger partial charge is 0.440 e. The first kappa shape index (κ1) is 24.2. The zero-order valence-corrected chi connectivity index (χ0v) is 22.5. The number of aryl methyl sites for hydroxylation is 1. The van der Waals surface area contributed by atoms with Crippen LogP contribution in [0.2, 0.25) is 0 Å². The molecule has 0 aliphatic carbocycles. The Morgan fingerprint density at radius 1 is 1.24 bits per heavy atom. The number of pyridine rings is 1. The number of allylic oxidation sites excluding steroid dienone is 1. The van der Waals surface area contributed by atoms with Gasteiger partial charge in [-0.15, -0.1) is 6.54 Å². The van der Waals surface area contributed by atoms with Crippen molar-refractivity contribution >= 4 is 33.7 Å². The van der Waals surface area contributed by atoms with Gasteiger partial charge >= 0.3 is 6.18 Å². The summed E-state index contributed by atoms with van der Waals surface area (Å²) in [4.78, 5) is 12.2. The number of benzene rings is 1. The van der Waals surface area contributed by atoms with Crippen molar-refractivity contribution in [2.45, 2.75) is 19.5 Å². The van der Waals surface area contributed by atoms with Crippen LogP contribution < -0.4 is 10.6 Å². The molecule has 0 saturated heterocycles. The second kappa shape index (κ2) is 9.40. The van der Waals surface area contributed by atoms with E-state index in [0.29, 0.717) is 17.7 Å². The molecule has 3 aromatic rings. The van der Waals surface area contributed by atoms with Crippen molar-refractivity contribution in [3.63, 3.8) is 0 Å². The van der Waals surface area contributed by atoms with Gasteiger partial charge in [-0.1, -0.05) is 0 Å². The van der Waals surface area contributed by atoms with Crippen molar-refractivity contribution in [2.75, 3.05) is 5.32 Å². The standard InChI is InChI=1S/C25H21F3N5.U/c1-3-5-29-18-9-15(8-17(11-18)25(26,27)28)16-10-21-22(13-32-23(21)31-12-16)19-4-6-30-24-20(19)7-14(2)33-24;/h3-9,11-13,21,29H,1,10H2,2H3,(H,30,33)(H,31,32);/q-1;. The van der Waals surface area contributed by atoms with E-state index in [4.69, 9.17) is 0 Å². The molecule has 5 rings (SSSR count). The summed E-state index contributed by atoms with van der Waals surface area (Å²) in [6.07, 6.45) is 2.87. The van der Waals surface area contributed by atoms with Crippen LogP contribution >= 0.6 is 0 Å². The number of aromatic amines is 1. The molecule has 3 N–H and O–H groups in total. The van der Waals surface area contributed by atoms with Gasteiger partial charge in [0.25, 0.3) is 0 Å². The number of nitrogens with zero attached hydrogens (tertiary/aromatic N) is 2. The minimum Gasteiger partial charge on any atom is -0.440 e. The average molecular weight is 687 g/mol. The monoisotopic (exact) mass is 686 g/mol. The van der Waals surface area contributed by atoms with Crippen LogP contribution in [-0.4, -0.2) is 15.8 Å². The number of hydrogen-bond donors (Lipinski definition) is 3. The van der Waals surface area contributed by atoms with Crippen molar-refractivity contribution in [1.82, 2.24) is 15.3 Å². The summed E-state index contributed by atoms with van der Waals surface area (Å²) in [6.45, 7) is 7.04. The van der Waals surface area contributed by atoms with E-state index in [2.05, 4.69) is 32.2 Å².